The van der Waals surface area contributed by atoms with Gasteiger partial charge in [-0.1, -0.05) is 0 Å². The van der Waals surface area contributed by atoms with Crippen LogP contribution in [0.1, 0.15) is 6.42 Å². The number of nitrogens with zero attached hydrogens (tertiary/aromatic N) is 1. The van der Waals surface area contributed by atoms with Gasteiger partial charge in [-0.05, 0) is 0 Å². The van der Waals surface area contributed by atoms with Crippen LogP contribution in [0.4, 0.5) is 0 Å². The maximum absolute atomic E-state index is 10.4. The van der Waals surface area contributed by atoms with Crippen LogP contribution in [-0.2, 0) is 4.79 Å². The first-order chi connectivity index (χ1) is 7.47. The number of carbonyl (C=O) groups is 1. The summed E-state index contributed by atoms with van der Waals surface area (Å²) in [6, 6.07) is -0.738. The Morgan fingerprint density at radius 2 is 1.88 bits per heavy atom. The van der Waals surface area contributed by atoms with Crippen molar-refractivity contribution in [2.75, 3.05) is 19.7 Å². The number of β-amino-alcohol motifs (C(OH)–C–C–N with tert-alkyl or cyclic N) is 1. The second kappa shape index (κ2) is 5.55. The molecule has 0 aromatic rings. The number of rotatable bonds is 4. The van der Waals surface area contributed by atoms with Crippen molar-refractivity contribution in [3.05, 3.63) is 0 Å². The van der Waals surface area contributed by atoms with Crippen LogP contribution in [0.2, 0.25) is 0 Å². The van der Waals surface area contributed by atoms with Gasteiger partial charge in [-0.15, -0.1) is 0 Å². The van der Waals surface area contributed by atoms with E-state index >= 15 is 0 Å². The SMILES string of the molecule is O=C(O)CCN1CC(O)C(O)[C@H](O)C1CO. The number of hydrogen-bond donors (Lipinski definition) is 5. The quantitative estimate of drug-likeness (QED) is 0.357. The van der Waals surface area contributed by atoms with Gasteiger partial charge in [0.05, 0.1) is 25.2 Å². The molecule has 0 bridgehead atoms. The fraction of sp³-hybridized carbons (Fsp3) is 0.889. The summed E-state index contributed by atoms with van der Waals surface area (Å²) in [6.07, 6.45) is -3.86. The van der Waals surface area contributed by atoms with E-state index in [9.17, 15) is 20.1 Å². The van der Waals surface area contributed by atoms with E-state index in [2.05, 4.69) is 0 Å². The molecule has 0 spiro atoms. The first kappa shape index (κ1) is 13.3. The minimum Gasteiger partial charge on any atom is -0.481 e. The molecular weight excluding hydrogens is 218 g/mol. The second-order valence-electron chi connectivity index (χ2n) is 3.94. The van der Waals surface area contributed by atoms with Gasteiger partial charge in [-0.25, -0.2) is 0 Å². The zero-order valence-electron chi connectivity index (χ0n) is 8.73. The summed E-state index contributed by atoms with van der Waals surface area (Å²) in [7, 11) is 0. The molecule has 7 nitrogen and oxygen atoms in total. The molecule has 1 fully saturated rings. The summed E-state index contributed by atoms with van der Waals surface area (Å²) >= 11 is 0. The maximum atomic E-state index is 10.4. The molecule has 0 aliphatic carbocycles. The lowest BCUT2D eigenvalue weighted by atomic mass is 9.94. The van der Waals surface area contributed by atoms with Gasteiger partial charge >= 0.3 is 5.97 Å². The second-order valence-corrected chi connectivity index (χ2v) is 3.94. The lowest BCUT2D eigenvalue weighted by molar-refractivity contribution is -0.150. The highest BCUT2D eigenvalue weighted by Crippen LogP contribution is 2.18. The van der Waals surface area contributed by atoms with Gasteiger partial charge in [0.25, 0.3) is 0 Å². The molecule has 4 atom stereocenters. The molecule has 1 saturated heterocycles. The molecular formula is C9H17NO6. The molecule has 0 radical (unpaired) electrons. The minimum absolute atomic E-state index is 0.0384. The molecule has 0 aromatic carbocycles. The van der Waals surface area contributed by atoms with Gasteiger partial charge in [0.15, 0.2) is 0 Å². The molecule has 1 aliphatic rings. The molecule has 94 valence electrons. The first-order valence-corrected chi connectivity index (χ1v) is 5.08. The Morgan fingerprint density at radius 3 is 2.38 bits per heavy atom. The molecule has 3 unspecified atom stereocenters. The van der Waals surface area contributed by atoms with Crippen LogP contribution in [0, 0.1) is 0 Å². The lowest BCUT2D eigenvalue weighted by Gasteiger charge is -2.42. The van der Waals surface area contributed by atoms with Crippen molar-refractivity contribution in [2.24, 2.45) is 0 Å². The number of likely N-dealkylation sites (tertiary alicyclic amines) is 1. The fourth-order valence-electron chi connectivity index (χ4n) is 1.87. The molecule has 1 rings (SSSR count). The van der Waals surface area contributed by atoms with E-state index in [0.29, 0.717) is 0 Å². The number of aliphatic hydroxyl groups excluding tert-OH is 4. The van der Waals surface area contributed by atoms with Crippen LogP contribution in [0.25, 0.3) is 0 Å². The van der Waals surface area contributed by atoms with Crippen molar-refractivity contribution in [2.45, 2.75) is 30.8 Å². The number of carboxylic acid groups (broad SMARTS) is 1. The van der Waals surface area contributed by atoms with Gasteiger partial charge in [0.1, 0.15) is 12.2 Å². The molecule has 16 heavy (non-hydrogen) atoms. The summed E-state index contributed by atoms with van der Waals surface area (Å²) in [5.74, 6) is -0.994. The van der Waals surface area contributed by atoms with Crippen LogP contribution < -0.4 is 0 Å². The monoisotopic (exact) mass is 235 g/mol. The summed E-state index contributed by atoms with van der Waals surface area (Å²) in [5, 5.41) is 46.0. The Labute approximate surface area is 92.5 Å². The van der Waals surface area contributed by atoms with Crippen molar-refractivity contribution in [3.8, 4) is 0 Å². The number of aliphatic carboxylic acids is 1. The number of hydrogen-bond acceptors (Lipinski definition) is 6. The maximum Gasteiger partial charge on any atom is 0.304 e. The van der Waals surface area contributed by atoms with Crippen LogP contribution in [0.15, 0.2) is 0 Å². The molecule has 5 N–H and O–H groups in total. The van der Waals surface area contributed by atoms with E-state index in [1.807, 2.05) is 0 Å². The largest absolute Gasteiger partial charge is 0.481 e. The average Bonchev–Trinajstić information content (AvgIpc) is 2.23. The molecule has 1 aliphatic heterocycles. The Kier molecular flexibility index (Phi) is 4.63. The molecule has 0 saturated carbocycles. The standard InChI is InChI=1S/C9H17NO6/c11-4-5-8(15)9(16)6(12)3-10(5)2-1-7(13)14/h5-6,8-9,11-12,15-16H,1-4H2,(H,13,14)/t5?,6?,8-,9?/m1/s1. The molecule has 1 heterocycles. The summed E-state index contributed by atoms with van der Waals surface area (Å²) in [5.41, 5.74) is 0. The molecule has 7 heteroatoms. The van der Waals surface area contributed by atoms with E-state index in [1.165, 1.54) is 4.90 Å². The Morgan fingerprint density at radius 1 is 1.25 bits per heavy atom. The van der Waals surface area contributed by atoms with E-state index < -0.39 is 36.9 Å². The summed E-state index contributed by atoms with van der Waals surface area (Å²) in [4.78, 5) is 11.9. The third-order valence-electron chi connectivity index (χ3n) is 2.83. The van der Waals surface area contributed by atoms with Crippen LogP contribution >= 0.6 is 0 Å². The van der Waals surface area contributed by atoms with Gasteiger partial charge in [0, 0.05) is 13.1 Å². The Bertz CT molecular complexity index is 248. The van der Waals surface area contributed by atoms with Gasteiger partial charge < -0.3 is 25.5 Å². The fourth-order valence-corrected chi connectivity index (χ4v) is 1.87. The van der Waals surface area contributed by atoms with Crippen molar-refractivity contribution < 1.29 is 30.3 Å². The highest BCUT2D eigenvalue weighted by atomic mass is 16.4. The zero-order chi connectivity index (χ0) is 12.3. The minimum atomic E-state index is -1.31. The van der Waals surface area contributed by atoms with Crippen LogP contribution in [-0.4, -0.2) is 80.5 Å². The van der Waals surface area contributed by atoms with Crippen LogP contribution in [0.5, 0.6) is 0 Å². The Hall–Kier alpha value is -0.730. The first-order valence-electron chi connectivity index (χ1n) is 5.08. The highest BCUT2D eigenvalue weighted by Gasteiger charge is 2.40. The van der Waals surface area contributed by atoms with E-state index in [1.54, 1.807) is 0 Å². The lowest BCUT2D eigenvalue weighted by Crippen LogP contribution is -2.62. The topological polar surface area (TPSA) is 121 Å². The van der Waals surface area contributed by atoms with E-state index in [0.717, 1.165) is 0 Å². The smallest absolute Gasteiger partial charge is 0.304 e. The van der Waals surface area contributed by atoms with Crippen molar-refractivity contribution in [1.29, 1.82) is 0 Å². The normalized spacial score (nSPS) is 36.2. The molecule has 0 aromatic heterocycles. The third-order valence-corrected chi connectivity index (χ3v) is 2.83. The van der Waals surface area contributed by atoms with Crippen molar-refractivity contribution in [3.63, 3.8) is 0 Å². The number of carboxylic acids is 1. The third kappa shape index (κ3) is 2.89. The number of aliphatic hydroxyl groups is 4. The Balaban J connectivity index is 2.63. The van der Waals surface area contributed by atoms with E-state index in [4.69, 9.17) is 10.2 Å². The van der Waals surface area contributed by atoms with Crippen molar-refractivity contribution in [1.82, 2.24) is 4.90 Å². The molecule has 0 amide bonds. The predicted molar refractivity (Wildman–Crippen MR) is 52.7 cm³/mol. The average molecular weight is 235 g/mol. The van der Waals surface area contributed by atoms with Gasteiger partial charge in [-0.3, -0.25) is 9.69 Å². The summed E-state index contributed by atoms with van der Waals surface area (Å²) < 4.78 is 0. The summed E-state index contributed by atoms with van der Waals surface area (Å²) in [6.45, 7) is -0.247. The van der Waals surface area contributed by atoms with Gasteiger partial charge in [0.2, 0.25) is 0 Å². The highest BCUT2D eigenvalue weighted by molar-refractivity contribution is 5.66. The van der Waals surface area contributed by atoms with Gasteiger partial charge in [-0.2, -0.15) is 0 Å². The van der Waals surface area contributed by atoms with Crippen molar-refractivity contribution >= 4 is 5.97 Å². The van der Waals surface area contributed by atoms with Crippen LogP contribution in [0.3, 0.4) is 0 Å². The predicted octanol–water partition coefficient (Wildman–Crippen LogP) is -2.78. The number of piperidine rings is 1. The van der Waals surface area contributed by atoms with E-state index in [-0.39, 0.29) is 19.5 Å². The zero-order valence-corrected chi connectivity index (χ0v) is 8.73.